The Hall–Kier alpha value is -0.670. The molecule has 0 saturated carbocycles. The van der Waals surface area contributed by atoms with Crippen LogP contribution < -0.4 is 0 Å². The standard InChI is InChI=1S/C9H13ClN2O/c1-6-4-8(10)12-9(11-6)5-7(2)13-3/h4,7H,5H2,1-3H3. The van der Waals surface area contributed by atoms with E-state index in [9.17, 15) is 0 Å². The number of hydrogen-bond acceptors (Lipinski definition) is 3. The van der Waals surface area contributed by atoms with Gasteiger partial charge in [-0.2, -0.15) is 0 Å². The molecule has 0 radical (unpaired) electrons. The summed E-state index contributed by atoms with van der Waals surface area (Å²) < 4.78 is 5.11. The molecule has 3 nitrogen and oxygen atoms in total. The number of rotatable bonds is 3. The van der Waals surface area contributed by atoms with Crippen LogP contribution in [0.2, 0.25) is 5.15 Å². The molecule has 0 N–H and O–H groups in total. The van der Waals surface area contributed by atoms with Gasteiger partial charge in [-0.1, -0.05) is 11.6 Å². The third-order valence-corrected chi connectivity index (χ3v) is 1.94. The summed E-state index contributed by atoms with van der Waals surface area (Å²) in [6.45, 7) is 3.87. The summed E-state index contributed by atoms with van der Waals surface area (Å²) in [6.07, 6.45) is 0.815. The summed E-state index contributed by atoms with van der Waals surface area (Å²) in [6, 6.07) is 1.74. The minimum atomic E-state index is 0.123. The fraction of sp³-hybridized carbons (Fsp3) is 0.556. The van der Waals surface area contributed by atoms with Crippen LogP contribution in [0.4, 0.5) is 0 Å². The van der Waals surface area contributed by atoms with Gasteiger partial charge in [-0.25, -0.2) is 9.97 Å². The molecule has 0 spiro atoms. The molecule has 0 aliphatic heterocycles. The van der Waals surface area contributed by atoms with Crippen LogP contribution in [0.3, 0.4) is 0 Å². The Labute approximate surface area is 83.1 Å². The number of aromatic nitrogens is 2. The molecule has 0 aromatic carbocycles. The molecule has 1 rings (SSSR count). The monoisotopic (exact) mass is 200 g/mol. The fourth-order valence-corrected chi connectivity index (χ4v) is 1.28. The average Bonchev–Trinajstić information content (AvgIpc) is 2.02. The van der Waals surface area contributed by atoms with Crippen LogP contribution in [-0.2, 0) is 11.2 Å². The zero-order valence-electron chi connectivity index (χ0n) is 8.04. The van der Waals surface area contributed by atoms with Crippen molar-refractivity contribution in [3.8, 4) is 0 Å². The third kappa shape index (κ3) is 3.28. The molecule has 0 aliphatic carbocycles. The topological polar surface area (TPSA) is 35.0 Å². The quantitative estimate of drug-likeness (QED) is 0.701. The number of methoxy groups -OCH3 is 1. The first kappa shape index (κ1) is 10.4. The molecule has 0 bridgehead atoms. The van der Waals surface area contributed by atoms with Crippen LogP contribution in [0.5, 0.6) is 0 Å². The number of hydrogen-bond donors (Lipinski definition) is 0. The Kier molecular flexibility index (Phi) is 3.63. The lowest BCUT2D eigenvalue weighted by Gasteiger charge is -2.08. The summed E-state index contributed by atoms with van der Waals surface area (Å²) >= 11 is 5.78. The van der Waals surface area contributed by atoms with Crippen molar-refractivity contribution in [3.63, 3.8) is 0 Å². The van der Waals surface area contributed by atoms with Crippen molar-refractivity contribution in [2.75, 3.05) is 7.11 Å². The Morgan fingerprint density at radius 3 is 2.77 bits per heavy atom. The highest BCUT2D eigenvalue weighted by molar-refractivity contribution is 6.29. The molecular formula is C9H13ClN2O. The van der Waals surface area contributed by atoms with Crippen LogP contribution >= 0.6 is 11.6 Å². The van der Waals surface area contributed by atoms with Crippen molar-refractivity contribution in [2.45, 2.75) is 26.4 Å². The minimum Gasteiger partial charge on any atom is -0.381 e. The Morgan fingerprint density at radius 2 is 2.23 bits per heavy atom. The van der Waals surface area contributed by atoms with Gasteiger partial charge in [0, 0.05) is 19.2 Å². The van der Waals surface area contributed by atoms with Gasteiger partial charge in [-0.15, -0.1) is 0 Å². The van der Waals surface area contributed by atoms with Crippen LogP contribution in [0, 0.1) is 6.92 Å². The largest absolute Gasteiger partial charge is 0.381 e. The first-order valence-electron chi connectivity index (χ1n) is 4.14. The van der Waals surface area contributed by atoms with Gasteiger partial charge in [-0.3, -0.25) is 0 Å². The van der Waals surface area contributed by atoms with E-state index in [2.05, 4.69) is 9.97 Å². The molecule has 4 heteroatoms. The SMILES string of the molecule is COC(C)Cc1nc(C)cc(Cl)n1. The molecule has 13 heavy (non-hydrogen) atoms. The predicted octanol–water partition coefficient (Wildman–Crippen LogP) is 2.02. The van der Waals surface area contributed by atoms with Gasteiger partial charge < -0.3 is 4.74 Å². The van der Waals surface area contributed by atoms with Gasteiger partial charge in [0.25, 0.3) is 0 Å². The van der Waals surface area contributed by atoms with Crippen LogP contribution in [0.25, 0.3) is 0 Å². The van der Waals surface area contributed by atoms with E-state index in [4.69, 9.17) is 16.3 Å². The van der Waals surface area contributed by atoms with Crippen LogP contribution in [-0.4, -0.2) is 23.2 Å². The molecule has 1 atom stereocenters. The van der Waals surface area contributed by atoms with E-state index < -0.39 is 0 Å². The summed E-state index contributed by atoms with van der Waals surface area (Å²) in [5, 5.41) is 0.491. The van der Waals surface area contributed by atoms with E-state index >= 15 is 0 Å². The molecule has 0 fully saturated rings. The van der Waals surface area contributed by atoms with E-state index in [0.717, 1.165) is 11.5 Å². The molecule has 0 saturated heterocycles. The van der Waals surface area contributed by atoms with Crippen molar-refractivity contribution in [3.05, 3.63) is 22.7 Å². The summed E-state index contributed by atoms with van der Waals surface area (Å²) in [4.78, 5) is 8.34. The van der Waals surface area contributed by atoms with E-state index in [1.807, 2.05) is 13.8 Å². The molecule has 1 aromatic rings. The first-order valence-corrected chi connectivity index (χ1v) is 4.52. The molecule has 1 heterocycles. The summed E-state index contributed by atoms with van der Waals surface area (Å²) in [7, 11) is 1.67. The van der Waals surface area contributed by atoms with Crippen LogP contribution in [0.15, 0.2) is 6.07 Å². The highest BCUT2D eigenvalue weighted by Gasteiger charge is 2.05. The van der Waals surface area contributed by atoms with Crippen LogP contribution in [0.1, 0.15) is 18.4 Å². The Bertz CT molecular complexity index is 271. The number of nitrogens with zero attached hydrogens (tertiary/aromatic N) is 2. The maximum absolute atomic E-state index is 5.78. The average molecular weight is 201 g/mol. The zero-order chi connectivity index (χ0) is 9.84. The molecule has 0 aliphatic rings. The normalized spacial score (nSPS) is 12.9. The Morgan fingerprint density at radius 1 is 1.54 bits per heavy atom. The van der Waals surface area contributed by atoms with E-state index in [1.54, 1.807) is 13.2 Å². The highest BCUT2D eigenvalue weighted by atomic mass is 35.5. The lowest BCUT2D eigenvalue weighted by atomic mass is 10.2. The first-order chi connectivity index (χ1) is 6.11. The zero-order valence-corrected chi connectivity index (χ0v) is 8.80. The molecular weight excluding hydrogens is 188 g/mol. The van der Waals surface area contributed by atoms with Crippen molar-refractivity contribution in [2.24, 2.45) is 0 Å². The van der Waals surface area contributed by atoms with Gasteiger partial charge in [0.05, 0.1) is 6.10 Å². The second-order valence-corrected chi connectivity index (χ2v) is 3.39. The van der Waals surface area contributed by atoms with Crippen molar-refractivity contribution in [1.29, 1.82) is 0 Å². The maximum atomic E-state index is 5.78. The number of halogens is 1. The summed E-state index contributed by atoms with van der Waals surface area (Å²) in [5.41, 5.74) is 0.887. The molecule has 1 unspecified atom stereocenters. The van der Waals surface area contributed by atoms with Gasteiger partial charge in [0.2, 0.25) is 0 Å². The lowest BCUT2D eigenvalue weighted by Crippen LogP contribution is -2.11. The Balaban J connectivity index is 2.77. The smallest absolute Gasteiger partial charge is 0.133 e. The summed E-state index contributed by atoms with van der Waals surface area (Å²) in [5.74, 6) is 0.736. The predicted molar refractivity (Wildman–Crippen MR) is 52.0 cm³/mol. The molecule has 1 aromatic heterocycles. The van der Waals surface area contributed by atoms with E-state index in [1.165, 1.54) is 0 Å². The second kappa shape index (κ2) is 4.53. The highest BCUT2D eigenvalue weighted by Crippen LogP contribution is 2.08. The minimum absolute atomic E-state index is 0.123. The van der Waals surface area contributed by atoms with E-state index in [-0.39, 0.29) is 6.10 Å². The molecule has 0 amide bonds. The number of ether oxygens (including phenoxy) is 1. The molecule has 72 valence electrons. The van der Waals surface area contributed by atoms with Gasteiger partial charge in [-0.05, 0) is 19.9 Å². The maximum Gasteiger partial charge on any atom is 0.133 e. The van der Waals surface area contributed by atoms with Gasteiger partial charge in [0.15, 0.2) is 0 Å². The lowest BCUT2D eigenvalue weighted by molar-refractivity contribution is 0.117. The number of aryl methyl sites for hydroxylation is 1. The van der Waals surface area contributed by atoms with Crippen molar-refractivity contribution >= 4 is 11.6 Å². The van der Waals surface area contributed by atoms with Gasteiger partial charge in [0.1, 0.15) is 11.0 Å². The van der Waals surface area contributed by atoms with Crippen molar-refractivity contribution in [1.82, 2.24) is 9.97 Å². The van der Waals surface area contributed by atoms with Gasteiger partial charge >= 0.3 is 0 Å². The van der Waals surface area contributed by atoms with Crippen molar-refractivity contribution < 1.29 is 4.74 Å². The fourth-order valence-electron chi connectivity index (χ4n) is 1.02. The van der Waals surface area contributed by atoms with E-state index in [0.29, 0.717) is 11.6 Å². The third-order valence-electron chi connectivity index (χ3n) is 1.74. The second-order valence-electron chi connectivity index (χ2n) is 3.00.